The van der Waals surface area contributed by atoms with Crippen molar-refractivity contribution in [2.45, 2.75) is 13.1 Å². The molecule has 3 aromatic rings. The Balaban J connectivity index is 1.84. The van der Waals surface area contributed by atoms with Gasteiger partial charge >= 0.3 is 6.18 Å². The molecule has 0 atom stereocenters. The van der Waals surface area contributed by atoms with E-state index in [-0.39, 0.29) is 5.02 Å². The summed E-state index contributed by atoms with van der Waals surface area (Å²) in [6, 6.07) is 3.84. The molecule has 8 heteroatoms. The zero-order chi connectivity index (χ0) is 20.8. The molecule has 2 aromatic heterocycles. The van der Waals surface area contributed by atoms with Crippen molar-refractivity contribution >= 4 is 28.2 Å². The van der Waals surface area contributed by atoms with Gasteiger partial charge in [0.2, 0.25) is 0 Å². The van der Waals surface area contributed by atoms with E-state index in [1.165, 1.54) is 6.07 Å². The molecule has 29 heavy (non-hydrogen) atoms. The zero-order valence-electron chi connectivity index (χ0n) is 15.7. The number of pyridine rings is 1. The van der Waals surface area contributed by atoms with Gasteiger partial charge in [-0.05, 0) is 24.6 Å². The number of nitrogens with zero attached hydrogens (tertiary/aromatic N) is 2. The smallest absolute Gasteiger partial charge is 0.378 e. The Morgan fingerprint density at radius 2 is 2.00 bits per heavy atom. The second kappa shape index (κ2) is 7.39. The van der Waals surface area contributed by atoms with Crippen molar-refractivity contribution in [1.29, 1.82) is 0 Å². The lowest BCUT2D eigenvalue weighted by Gasteiger charge is -2.31. The number of benzene rings is 1. The third-order valence-corrected chi connectivity index (χ3v) is 5.48. The van der Waals surface area contributed by atoms with Crippen molar-refractivity contribution in [3.05, 3.63) is 58.9 Å². The molecule has 4 nitrogen and oxygen atoms in total. The van der Waals surface area contributed by atoms with E-state index in [0.29, 0.717) is 30.0 Å². The molecule has 4 rings (SSSR count). The maximum atomic E-state index is 13.3. The maximum Gasteiger partial charge on any atom is 0.417 e. The van der Waals surface area contributed by atoms with Crippen LogP contribution in [0.3, 0.4) is 0 Å². The predicted molar refractivity (Wildman–Crippen MR) is 108 cm³/mol. The highest BCUT2D eigenvalue weighted by atomic mass is 35.5. The topological polar surface area (TPSA) is 41.2 Å². The fourth-order valence-corrected chi connectivity index (χ4v) is 3.87. The van der Waals surface area contributed by atoms with Gasteiger partial charge in [-0.2, -0.15) is 13.2 Å². The fourth-order valence-electron chi connectivity index (χ4n) is 3.65. The van der Waals surface area contributed by atoms with Crippen LogP contribution in [0.1, 0.15) is 16.7 Å². The van der Waals surface area contributed by atoms with Gasteiger partial charge in [0, 0.05) is 47.7 Å². The quantitative estimate of drug-likeness (QED) is 0.606. The molecule has 0 aliphatic carbocycles. The van der Waals surface area contributed by atoms with E-state index in [4.69, 9.17) is 16.3 Å². The molecule has 0 spiro atoms. The SMILES string of the molecule is C=C(c1cnc(-c2ccc(Cl)c(C(F)(F)F)c2)c2[nH]cc(C)c12)N1CCOCC1. The standard InChI is InChI=1S/C21H19ClF3N3O/c1-12-10-26-20-18(12)15(13(2)28-5-7-29-8-6-28)11-27-19(20)14-3-4-17(22)16(9-14)21(23,24)25/h3-4,9-11,26H,2,5-8H2,1H3. The normalized spacial score (nSPS) is 15.1. The van der Waals surface area contributed by atoms with Gasteiger partial charge in [0.05, 0.1) is 35.0 Å². The molecule has 1 aliphatic heterocycles. The largest absolute Gasteiger partial charge is 0.417 e. The second-order valence-electron chi connectivity index (χ2n) is 6.98. The number of aromatic nitrogens is 2. The summed E-state index contributed by atoms with van der Waals surface area (Å²) in [5.41, 5.74) is 3.23. The van der Waals surface area contributed by atoms with Gasteiger partial charge in [0.1, 0.15) is 0 Å². The van der Waals surface area contributed by atoms with Gasteiger partial charge in [-0.1, -0.05) is 24.2 Å². The number of H-pyrrole nitrogens is 1. The van der Waals surface area contributed by atoms with Crippen molar-refractivity contribution < 1.29 is 17.9 Å². The number of aromatic amines is 1. The Labute approximate surface area is 170 Å². The minimum Gasteiger partial charge on any atom is -0.378 e. The van der Waals surface area contributed by atoms with Gasteiger partial charge in [-0.25, -0.2) is 0 Å². The first-order valence-electron chi connectivity index (χ1n) is 9.13. The van der Waals surface area contributed by atoms with Crippen LogP contribution < -0.4 is 0 Å². The number of rotatable bonds is 3. The van der Waals surface area contributed by atoms with Crippen LogP contribution in [0.2, 0.25) is 5.02 Å². The Hall–Kier alpha value is -2.51. The minimum absolute atomic E-state index is 0.336. The van der Waals surface area contributed by atoms with Gasteiger partial charge in [0.25, 0.3) is 0 Å². The summed E-state index contributed by atoms with van der Waals surface area (Å²) in [4.78, 5) is 9.80. The highest BCUT2D eigenvalue weighted by Crippen LogP contribution is 2.39. The molecular weight excluding hydrogens is 403 g/mol. The molecule has 1 saturated heterocycles. The molecule has 152 valence electrons. The van der Waals surface area contributed by atoms with Crippen LogP contribution in [0.25, 0.3) is 27.9 Å². The van der Waals surface area contributed by atoms with E-state index < -0.39 is 11.7 Å². The minimum atomic E-state index is -4.54. The lowest BCUT2D eigenvalue weighted by Crippen LogP contribution is -2.34. The number of halogens is 4. The van der Waals surface area contributed by atoms with E-state index in [0.717, 1.165) is 41.4 Å². The maximum absolute atomic E-state index is 13.3. The summed E-state index contributed by atoms with van der Waals surface area (Å²) in [6.07, 6.45) is -1.03. The van der Waals surface area contributed by atoms with Gasteiger partial charge in [-0.3, -0.25) is 4.98 Å². The number of fused-ring (bicyclic) bond motifs is 1. The summed E-state index contributed by atoms with van der Waals surface area (Å²) in [5.74, 6) is 0. The average molecular weight is 422 g/mol. The van der Waals surface area contributed by atoms with E-state index in [2.05, 4.69) is 21.4 Å². The van der Waals surface area contributed by atoms with Crippen LogP contribution in [-0.4, -0.2) is 41.2 Å². The van der Waals surface area contributed by atoms with E-state index in [9.17, 15) is 13.2 Å². The molecule has 1 fully saturated rings. The molecule has 3 heterocycles. The predicted octanol–water partition coefficient (Wildman–Crippen LogP) is 5.51. The van der Waals surface area contributed by atoms with E-state index >= 15 is 0 Å². The second-order valence-corrected chi connectivity index (χ2v) is 7.39. The number of hydrogen-bond acceptors (Lipinski definition) is 3. The third-order valence-electron chi connectivity index (χ3n) is 5.16. The van der Waals surface area contributed by atoms with Crippen molar-refractivity contribution in [3.63, 3.8) is 0 Å². The number of alkyl halides is 3. The number of morpholine rings is 1. The molecule has 0 radical (unpaired) electrons. The molecule has 0 amide bonds. The highest BCUT2D eigenvalue weighted by Gasteiger charge is 2.33. The molecule has 1 aromatic carbocycles. The number of nitrogens with one attached hydrogen (secondary N) is 1. The highest BCUT2D eigenvalue weighted by molar-refractivity contribution is 6.31. The first-order valence-corrected chi connectivity index (χ1v) is 9.51. The molecule has 1 aliphatic rings. The first-order chi connectivity index (χ1) is 13.8. The van der Waals surface area contributed by atoms with Crippen LogP contribution >= 0.6 is 11.6 Å². The molecule has 0 saturated carbocycles. The fraction of sp³-hybridized carbons (Fsp3) is 0.286. The summed E-state index contributed by atoms with van der Waals surface area (Å²) >= 11 is 5.77. The van der Waals surface area contributed by atoms with Crippen molar-refractivity contribution in [2.24, 2.45) is 0 Å². The van der Waals surface area contributed by atoms with Crippen molar-refractivity contribution in [3.8, 4) is 11.3 Å². The Morgan fingerprint density at radius 3 is 2.69 bits per heavy atom. The van der Waals surface area contributed by atoms with Crippen LogP contribution in [0.5, 0.6) is 0 Å². The number of ether oxygens (including phenoxy) is 1. The average Bonchev–Trinajstić information content (AvgIpc) is 3.09. The van der Waals surface area contributed by atoms with Crippen molar-refractivity contribution in [2.75, 3.05) is 26.3 Å². The molecule has 1 N–H and O–H groups in total. The monoisotopic (exact) mass is 421 g/mol. The lowest BCUT2D eigenvalue weighted by molar-refractivity contribution is -0.137. The Morgan fingerprint density at radius 1 is 1.28 bits per heavy atom. The Bertz CT molecular complexity index is 1080. The van der Waals surface area contributed by atoms with E-state index in [1.807, 2.05) is 13.1 Å². The van der Waals surface area contributed by atoms with Crippen LogP contribution in [0.15, 0.2) is 37.2 Å². The van der Waals surface area contributed by atoms with Gasteiger partial charge in [-0.15, -0.1) is 0 Å². The summed E-state index contributed by atoms with van der Waals surface area (Å²) in [6.45, 7) is 8.90. The summed E-state index contributed by atoms with van der Waals surface area (Å²) in [5, 5.41) is 0.562. The van der Waals surface area contributed by atoms with Crippen LogP contribution in [0, 0.1) is 6.92 Å². The first kappa shape index (κ1) is 19.8. The zero-order valence-corrected chi connectivity index (χ0v) is 16.5. The van der Waals surface area contributed by atoms with E-state index in [1.54, 1.807) is 12.3 Å². The third kappa shape index (κ3) is 3.60. The van der Waals surface area contributed by atoms with Gasteiger partial charge in [0.15, 0.2) is 0 Å². The number of hydrogen-bond donors (Lipinski definition) is 1. The molecular formula is C21H19ClF3N3O. The lowest BCUT2D eigenvalue weighted by atomic mass is 10.0. The van der Waals surface area contributed by atoms with Crippen molar-refractivity contribution in [1.82, 2.24) is 14.9 Å². The Kier molecular flexibility index (Phi) is 5.04. The number of aryl methyl sites for hydroxylation is 1. The van der Waals surface area contributed by atoms with Gasteiger partial charge < -0.3 is 14.6 Å². The molecule has 0 unspecified atom stereocenters. The molecule has 0 bridgehead atoms. The summed E-state index contributed by atoms with van der Waals surface area (Å²) < 4.78 is 45.3. The van der Waals surface area contributed by atoms with Crippen LogP contribution in [-0.2, 0) is 10.9 Å². The summed E-state index contributed by atoms with van der Waals surface area (Å²) in [7, 11) is 0. The van der Waals surface area contributed by atoms with Crippen LogP contribution in [0.4, 0.5) is 13.2 Å².